The van der Waals surface area contributed by atoms with Crippen LogP contribution in [0.3, 0.4) is 0 Å². The molecule has 0 aliphatic heterocycles. The number of aromatic nitrogens is 2. The quantitative estimate of drug-likeness (QED) is 0.732. The number of nitrogens with two attached hydrogens (primary N) is 1. The molecule has 0 saturated carbocycles. The van der Waals surface area contributed by atoms with E-state index in [1.807, 2.05) is 6.20 Å². The summed E-state index contributed by atoms with van der Waals surface area (Å²) in [6.07, 6.45) is 1.88. The molecule has 0 aliphatic carbocycles. The molecule has 0 fully saturated rings. The topological polar surface area (TPSA) is 43.3 Å². The van der Waals surface area contributed by atoms with Crippen LogP contribution in [0.15, 0.2) is 11.6 Å². The molecular weight excluding hydrogens is 170 g/mol. The van der Waals surface area contributed by atoms with Crippen molar-refractivity contribution in [3.8, 4) is 0 Å². The first kappa shape index (κ1) is 7.61. The number of rotatable bonds is 1. The predicted octanol–water partition coefficient (Wildman–Crippen LogP) is 2.10. The largest absolute Gasteiger partial charge is 0.382 e. The van der Waals surface area contributed by atoms with Gasteiger partial charge in [0, 0.05) is 11.1 Å². The predicted molar refractivity (Wildman–Crippen MR) is 51.6 cm³/mol. The Morgan fingerprint density at radius 2 is 2.33 bits per heavy atom. The molecule has 0 aliphatic rings. The van der Waals surface area contributed by atoms with Crippen molar-refractivity contribution in [1.29, 1.82) is 0 Å². The summed E-state index contributed by atoms with van der Waals surface area (Å²) in [4.78, 5) is 5.16. The molecular formula is C8H11N3S. The van der Waals surface area contributed by atoms with Crippen LogP contribution in [0.4, 0.5) is 5.82 Å². The highest BCUT2D eigenvalue weighted by Crippen LogP contribution is 2.23. The van der Waals surface area contributed by atoms with Crippen molar-refractivity contribution in [2.24, 2.45) is 0 Å². The minimum absolute atomic E-state index is 0.521. The Bertz CT molecular complexity index is 399. The molecule has 0 atom stereocenters. The van der Waals surface area contributed by atoms with Crippen molar-refractivity contribution >= 4 is 22.1 Å². The molecule has 0 saturated heterocycles. The lowest BCUT2D eigenvalue weighted by Crippen LogP contribution is -1.91. The highest BCUT2D eigenvalue weighted by molar-refractivity contribution is 7.15. The first-order valence-corrected chi connectivity index (χ1v) is 4.78. The third kappa shape index (κ3) is 0.992. The zero-order valence-electron chi connectivity index (χ0n) is 7.11. The van der Waals surface area contributed by atoms with Gasteiger partial charge in [0.15, 0.2) is 4.96 Å². The van der Waals surface area contributed by atoms with Crippen LogP contribution in [-0.2, 0) is 0 Å². The van der Waals surface area contributed by atoms with Crippen molar-refractivity contribution in [3.63, 3.8) is 0 Å². The first-order valence-electron chi connectivity index (χ1n) is 3.90. The van der Waals surface area contributed by atoms with E-state index in [0.29, 0.717) is 11.7 Å². The Kier molecular flexibility index (Phi) is 1.58. The van der Waals surface area contributed by atoms with E-state index >= 15 is 0 Å². The van der Waals surface area contributed by atoms with Crippen molar-refractivity contribution in [2.75, 3.05) is 5.73 Å². The molecule has 0 amide bonds. The smallest absolute Gasteiger partial charge is 0.195 e. The Balaban J connectivity index is 2.68. The molecule has 2 N–H and O–H groups in total. The van der Waals surface area contributed by atoms with Gasteiger partial charge in [-0.2, -0.15) is 0 Å². The summed E-state index contributed by atoms with van der Waals surface area (Å²) < 4.78 is 2.06. The van der Waals surface area contributed by atoms with Gasteiger partial charge in [-0.25, -0.2) is 4.98 Å². The van der Waals surface area contributed by atoms with Gasteiger partial charge in [0.2, 0.25) is 0 Å². The Labute approximate surface area is 74.8 Å². The standard InChI is InChI=1S/C8H11N3S/c1-5(2)6-4-12-8-10-7(9)3-11(6)8/h3-5H,9H2,1-2H3. The second-order valence-electron chi connectivity index (χ2n) is 3.13. The van der Waals surface area contributed by atoms with Crippen molar-refractivity contribution in [3.05, 3.63) is 17.3 Å². The Hall–Kier alpha value is -1.03. The first-order chi connectivity index (χ1) is 5.68. The molecule has 3 nitrogen and oxygen atoms in total. The maximum atomic E-state index is 5.58. The SMILES string of the molecule is CC(C)c1csc2nc(N)cn12. The van der Waals surface area contributed by atoms with Crippen LogP contribution in [0.25, 0.3) is 4.96 Å². The molecule has 2 aromatic rings. The van der Waals surface area contributed by atoms with E-state index < -0.39 is 0 Å². The molecule has 0 unspecified atom stereocenters. The van der Waals surface area contributed by atoms with Gasteiger partial charge in [0.25, 0.3) is 0 Å². The zero-order valence-corrected chi connectivity index (χ0v) is 7.93. The molecule has 64 valence electrons. The summed E-state index contributed by atoms with van der Waals surface area (Å²) in [6, 6.07) is 0. The average molecular weight is 181 g/mol. The number of thiazole rings is 1. The van der Waals surface area contributed by atoms with Crippen LogP contribution in [-0.4, -0.2) is 9.38 Å². The average Bonchev–Trinajstić information content (AvgIpc) is 2.43. The van der Waals surface area contributed by atoms with Gasteiger partial charge in [0.05, 0.1) is 6.20 Å². The van der Waals surface area contributed by atoms with Crippen molar-refractivity contribution in [2.45, 2.75) is 19.8 Å². The van der Waals surface area contributed by atoms with Crippen LogP contribution in [0.1, 0.15) is 25.5 Å². The maximum absolute atomic E-state index is 5.58. The monoisotopic (exact) mass is 181 g/mol. The summed E-state index contributed by atoms with van der Waals surface area (Å²) in [6.45, 7) is 4.33. The second kappa shape index (κ2) is 2.48. The molecule has 0 bridgehead atoms. The molecule has 2 aromatic heterocycles. The maximum Gasteiger partial charge on any atom is 0.195 e. The third-order valence-electron chi connectivity index (χ3n) is 1.85. The van der Waals surface area contributed by atoms with E-state index in [2.05, 4.69) is 28.6 Å². The van der Waals surface area contributed by atoms with Crippen LogP contribution in [0, 0.1) is 0 Å². The highest BCUT2D eigenvalue weighted by atomic mass is 32.1. The minimum atomic E-state index is 0.521. The van der Waals surface area contributed by atoms with Gasteiger partial charge in [-0.15, -0.1) is 11.3 Å². The lowest BCUT2D eigenvalue weighted by Gasteiger charge is -2.00. The lowest BCUT2D eigenvalue weighted by molar-refractivity contribution is 0.812. The van der Waals surface area contributed by atoms with E-state index in [9.17, 15) is 0 Å². The second-order valence-corrected chi connectivity index (χ2v) is 3.97. The van der Waals surface area contributed by atoms with E-state index in [4.69, 9.17) is 5.73 Å². The van der Waals surface area contributed by atoms with Gasteiger partial charge in [0.1, 0.15) is 5.82 Å². The number of imidazole rings is 1. The Morgan fingerprint density at radius 1 is 1.58 bits per heavy atom. The molecule has 2 heterocycles. The number of anilines is 1. The molecule has 0 aromatic carbocycles. The lowest BCUT2D eigenvalue weighted by atomic mass is 10.2. The summed E-state index contributed by atoms with van der Waals surface area (Å²) in [5, 5.41) is 2.13. The van der Waals surface area contributed by atoms with Crippen LogP contribution in [0.2, 0.25) is 0 Å². The van der Waals surface area contributed by atoms with Gasteiger partial charge < -0.3 is 5.73 Å². The van der Waals surface area contributed by atoms with Crippen molar-refractivity contribution in [1.82, 2.24) is 9.38 Å². The number of nitrogens with zero attached hydrogens (tertiary/aromatic N) is 2. The fraction of sp³-hybridized carbons (Fsp3) is 0.375. The number of nitrogen functional groups attached to an aromatic ring is 1. The van der Waals surface area contributed by atoms with Gasteiger partial charge in [-0.05, 0) is 5.92 Å². The van der Waals surface area contributed by atoms with E-state index in [1.54, 1.807) is 11.3 Å². The van der Waals surface area contributed by atoms with E-state index in [0.717, 1.165) is 4.96 Å². The summed E-state index contributed by atoms with van der Waals surface area (Å²) in [5.41, 5.74) is 6.86. The van der Waals surface area contributed by atoms with Gasteiger partial charge >= 0.3 is 0 Å². The molecule has 12 heavy (non-hydrogen) atoms. The molecule has 0 radical (unpaired) electrons. The highest BCUT2D eigenvalue weighted by Gasteiger charge is 2.08. The molecule has 0 spiro atoms. The number of hydrogen-bond donors (Lipinski definition) is 1. The number of hydrogen-bond acceptors (Lipinski definition) is 3. The van der Waals surface area contributed by atoms with Gasteiger partial charge in [-0.3, -0.25) is 4.40 Å². The van der Waals surface area contributed by atoms with Crippen molar-refractivity contribution < 1.29 is 0 Å². The van der Waals surface area contributed by atoms with E-state index in [-0.39, 0.29) is 0 Å². The van der Waals surface area contributed by atoms with Crippen LogP contribution < -0.4 is 5.73 Å². The third-order valence-corrected chi connectivity index (χ3v) is 2.71. The minimum Gasteiger partial charge on any atom is -0.382 e. The fourth-order valence-electron chi connectivity index (χ4n) is 1.23. The van der Waals surface area contributed by atoms with E-state index in [1.165, 1.54) is 5.69 Å². The van der Waals surface area contributed by atoms with Crippen LogP contribution >= 0.6 is 11.3 Å². The number of fused-ring (bicyclic) bond motifs is 1. The normalized spacial score (nSPS) is 11.6. The molecule has 2 rings (SSSR count). The zero-order chi connectivity index (χ0) is 8.72. The summed E-state index contributed by atoms with van der Waals surface area (Å²) in [7, 11) is 0. The molecule has 4 heteroatoms. The fourth-order valence-corrected chi connectivity index (χ4v) is 2.27. The Morgan fingerprint density at radius 3 is 3.00 bits per heavy atom. The summed E-state index contributed by atoms with van der Waals surface area (Å²) in [5.74, 6) is 1.12. The van der Waals surface area contributed by atoms with Gasteiger partial charge in [-0.1, -0.05) is 13.8 Å². The summed E-state index contributed by atoms with van der Waals surface area (Å²) >= 11 is 1.63. The van der Waals surface area contributed by atoms with Crippen LogP contribution in [0.5, 0.6) is 0 Å².